The van der Waals surface area contributed by atoms with Crippen LogP contribution in [0.15, 0.2) is 24.4 Å². The van der Waals surface area contributed by atoms with E-state index >= 15 is 0 Å². The summed E-state index contributed by atoms with van der Waals surface area (Å²) in [6, 6.07) is 7.00. The van der Waals surface area contributed by atoms with E-state index in [2.05, 4.69) is 65.9 Å². The molecule has 1 aliphatic rings. The van der Waals surface area contributed by atoms with E-state index in [4.69, 9.17) is 0 Å². The summed E-state index contributed by atoms with van der Waals surface area (Å²) in [7, 11) is 0. The van der Waals surface area contributed by atoms with E-state index in [0.29, 0.717) is 12.0 Å². The molecule has 0 aliphatic carbocycles. The van der Waals surface area contributed by atoms with Gasteiger partial charge in [-0.05, 0) is 37.8 Å². The standard InChI is InChI=1S/C22H34N4O/c1-16(2)13-26-9-8-25(15-20(26)7-10-27)14-19-12-23-24-22(19)21-11-17(3)5-6-18(21)4/h5-6,11-12,16,20,27H,7-10,13-15H2,1-4H3,(H,23,24)/t20-/m1/s1. The van der Waals surface area contributed by atoms with Crippen LogP contribution in [0.25, 0.3) is 11.3 Å². The van der Waals surface area contributed by atoms with Crippen LogP contribution in [0, 0.1) is 19.8 Å². The lowest BCUT2D eigenvalue weighted by Gasteiger charge is -2.42. The highest BCUT2D eigenvalue weighted by atomic mass is 16.3. The smallest absolute Gasteiger partial charge is 0.0698 e. The van der Waals surface area contributed by atoms with Gasteiger partial charge in [-0.3, -0.25) is 14.9 Å². The van der Waals surface area contributed by atoms with Crippen molar-refractivity contribution < 1.29 is 5.11 Å². The molecule has 2 N–H and O–H groups in total. The Bertz CT molecular complexity index is 740. The Morgan fingerprint density at radius 2 is 2.07 bits per heavy atom. The molecule has 1 atom stereocenters. The molecule has 0 unspecified atom stereocenters. The van der Waals surface area contributed by atoms with Crippen LogP contribution in [-0.2, 0) is 6.54 Å². The van der Waals surface area contributed by atoms with Gasteiger partial charge in [-0.1, -0.05) is 31.5 Å². The van der Waals surface area contributed by atoms with Crippen LogP contribution in [0.1, 0.15) is 37.0 Å². The SMILES string of the molecule is Cc1ccc(C)c(-c2[nH]ncc2CN2CCN(CC(C)C)[C@H](CCO)C2)c1. The minimum Gasteiger partial charge on any atom is -0.396 e. The van der Waals surface area contributed by atoms with E-state index < -0.39 is 0 Å². The number of H-pyrrole nitrogens is 1. The Morgan fingerprint density at radius 3 is 2.81 bits per heavy atom. The Balaban J connectivity index is 1.73. The number of aryl methyl sites for hydroxylation is 2. The van der Waals surface area contributed by atoms with Crippen molar-refractivity contribution in [1.82, 2.24) is 20.0 Å². The summed E-state index contributed by atoms with van der Waals surface area (Å²) >= 11 is 0. The van der Waals surface area contributed by atoms with E-state index in [9.17, 15) is 5.11 Å². The van der Waals surface area contributed by atoms with Crippen molar-refractivity contribution in [3.63, 3.8) is 0 Å². The van der Waals surface area contributed by atoms with Gasteiger partial charge in [-0.25, -0.2) is 0 Å². The molecule has 0 radical (unpaired) electrons. The van der Waals surface area contributed by atoms with E-state index in [1.807, 2.05) is 6.20 Å². The predicted molar refractivity (Wildman–Crippen MR) is 111 cm³/mol. The second kappa shape index (κ2) is 9.00. The molecule has 3 rings (SSSR count). The lowest BCUT2D eigenvalue weighted by molar-refractivity contribution is 0.0477. The predicted octanol–water partition coefficient (Wildman–Crippen LogP) is 3.22. The van der Waals surface area contributed by atoms with Crippen LogP contribution >= 0.6 is 0 Å². The second-order valence-corrected chi connectivity index (χ2v) is 8.38. The van der Waals surface area contributed by atoms with Gasteiger partial charge >= 0.3 is 0 Å². The third kappa shape index (κ3) is 4.98. The molecule has 1 fully saturated rings. The van der Waals surface area contributed by atoms with Crippen molar-refractivity contribution in [3.8, 4) is 11.3 Å². The number of nitrogens with one attached hydrogen (secondary N) is 1. The Hall–Kier alpha value is -1.69. The molecular weight excluding hydrogens is 336 g/mol. The molecule has 2 aromatic rings. The Labute approximate surface area is 163 Å². The van der Waals surface area contributed by atoms with Crippen LogP contribution in [-0.4, -0.2) is 63.9 Å². The maximum Gasteiger partial charge on any atom is 0.0698 e. The summed E-state index contributed by atoms with van der Waals surface area (Å²) in [5, 5.41) is 17.1. The van der Waals surface area contributed by atoms with Crippen LogP contribution < -0.4 is 0 Å². The van der Waals surface area contributed by atoms with Crippen molar-refractivity contribution in [2.24, 2.45) is 5.92 Å². The van der Waals surface area contributed by atoms with Gasteiger partial charge in [-0.2, -0.15) is 5.10 Å². The number of hydrogen-bond acceptors (Lipinski definition) is 4. The minimum absolute atomic E-state index is 0.256. The first kappa shape index (κ1) is 20.1. The van der Waals surface area contributed by atoms with Gasteiger partial charge in [0.1, 0.15) is 0 Å². The molecule has 1 saturated heterocycles. The summed E-state index contributed by atoms with van der Waals surface area (Å²) in [4.78, 5) is 5.06. The molecule has 148 valence electrons. The van der Waals surface area contributed by atoms with Crippen LogP contribution in [0.3, 0.4) is 0 Å². The summed E-state index contributed by atoms with van der Waals surface area (Å²) in [5.41, 5.74) is 6.17. The number of aromatic amines is 1. The lowest BCUT2D eigenvalue weighted by Crippen LogP contribution is -2.53. The van der Waals surface area contributed by atoms with Crippen molar-refractivity contribution in [3.05, 3.63) is 41.1 Å². The zero-order valence-corrected chi connectivity index (χ0v) is 17.2. The largest absolute Gasteiger partial charge is 0.396 e. The average molecular weight is 371 g/mol. The second-order valence-electron chi connectivity index (χ2n) is 8.38. The maximum atomic E-state index is 9.50. The number of rotatable bonds is 7. The molecule has 2 heterocycles. The first-order valence-corrected chi connectivity index (χ1v) is 10.1. The quantitative estimate of drug-likeness (QED) is 0.786. The minimum atomic E-state index is 0.256. The van der Waals surface area contributed by atoms with Gasteiger partial charge in [0.25, 0.3) is 0 Å². The van der Waals surface area contributed by atoms with Gasteiger partial charge in [0.15, 0.2) is 0 Å². The fraction of sp³-hybridized carbons (Fsp3) is 0.591. The van der Waals surface area contributed by atoms with Gasteiger partial charge in [-0.15, -0.1) is 0 Å². The van der Waals surface area contributed by atoms with Crippen LogP contribution in [0.5, 0.6) is 0 Å². The molecule has 1 aromatic heterocycles. The van der Waals surface area contributed by atoms with Crippen LogP contribution in [0.4, 0.5) is 0 Å². The number of aliphatic hydroxyl groups excluding tert-OH is 1. The van der Waals surface area contributed by atoms with Gasteiger partial charge in [0, 0.05) is 56.5 Å². The normalized spacial score (nSPS) is 19.1. The molecule has 0 saturated carbocycles. The van der Waals surface area contributed by atoms with E-state index in [-0.39, 0.29) is 6.61 Å². The highest BCUT2D eigenvalue weighted by Gasteiger charge is 2.27. The van der Waals surface area contributed by atoms with Crippen molar-refractivity contribution >= 4 is 0 Å². The molecule has 1 aliphatic heterocycles. The summed E-state index contributed by atoms with van der Waals surface area (Å²) < 4.78 is 0. The summed E-state index contributed by atoms with van der Waals surface area (Å²) in [6.45, 7) is 14.2. The first-order chi connectivity index (χ1) is 13.0. The molecule has 5 nitrogen and oxygen atoms in total. The monoisotopic (exact) mass is 370 g/mol. The highest BCUT2D eigenvalue weighted by molar-refractivity contribution is 5.67. The lowest BCUT2D eigenvalue weighted by atomic mass is 9.99. The molecule has 0 amide bonds. The number of aliphatic hydroxyl groups is 1. The molecule has 1 aromatic carbocycles. The molecule has 27 heavy (non-hydrogen) atoms. The average Bonchev–Trinajstić information content (AvgIpc) is 3.07. The molecule has 0 spiro atoms. The zero-order valence-electron chi connectivity index (χ0n) is 17.2. The maximum absolute atomic E-state index is 9.50. The van der Waals surface area contributed by atoms with Crippen molar-refractivity contribution in [2.45, 2.75) is 46.7 Å². The number of aromatic nitrogens is 2. The third-order valence-electron chi connectivity index (χ3n) is 5.52. The Morgan fingerprint density at radius 1 is 1.26 bits per heavy atom. The van der Waals surface area contributed by atoms with Gasteiger partial charge in [0.05, 0.1) is 11.9 Å². The van der Waals surface area contributed by atoms with Gasteiger partial charge < -0.3 is 5.11 Å². The number of benzene rings is 1. The molecular formula is C22H34N4O. The van der Waals surface area contributed by atoms with Crippen molar-refractivity contribution in [1.29, 1.82) is 0 Å². The fourth-order valence-electron chi connectivity index (χ4n) is 4.14. The van der Waals surface area contributed by atoms with E-state index in [1.165, 1.54) is 22.3 Å². The Kier molecular flexibility index (Phi) is 6.68. The summed E-state index contributed by atoms with van der Waals surface area (Å²) in [6.07, 6.45) is 2.82. The molecule has 0 bridgehead atoms. The van der Waals surface area contributed by atoms with Crippen LogP contribution in [0.2, 0.25) is 0 Å². The van der Waals surface area contributed by atoms with Gasteiger partial charge in [0.2, 0.25) is 0 Å². The first-order valence-electron chi connectivity index (χ1n) is 10.1. The third-order valence-corrected chi connectivity index (χ3v) is 5.52. The molecule has 5 heteroatoms. The van der Waals surface area contributed by atoms with E-state index in [1.54, 1.807) is 0 Å². The van der Waals surface area contributed by atoms with E-state index in [0.717, 1.165) is 44.8 Å². The highest BCUT2D eigenvalue weighted by Crippen LogP contribution is 2.27. The van der Waals surface area contributed by atoms with Crippen molar-refractivity contribution in [2.75, 3.05) is 32.8 Å². The summed E-state index contributed by atoms with van der Waals surface area (Å²) in [5.74, 6) is 0.655. The topological polar surface area (TPSA) is 55.4 Å². The number of hydrogen-bond donors (Lipinski definition) is 2. The fourth-order valence-corrected chi connectivity index (χ4v) is 4.14. The number of nitrogens with zero attached hydrogens (tertiary/aromatic N) is 3. The zero-order chi connectivity index (χ0) is 19.4. The number of piperazine rings is 1.